The number of benzene rings is 2. The van der Waals surface area contributed by atoms with Crippen molar-refractivity contribution in [2.45, 2.75) is 46.4 Å². The van der Waals surface area contributed by atoms with Crippen LogP contribution in [0.4, 0.5) is 0 Å². The zero-order chi connectivity index (χ0) is 24.2. The van der Waals surface area contributed by atoms with Crippen molar-refractivity contribution in [3.8, 4) is 0 Å². The zero-order valence-electron chi connectivity index (χ0n) is 19.9. The lowest BCUT2D eigenvalue weighted by Crippen LogP contribution is -2.28. The molecule has 5 rings (SSSR count). The molecular weight excluding hydrogens is 440 g/mol. The molecule has 3 heterocycles. The summed E-state index contributed by atoms with van der Waals surface area (Å²) in [4.78, 5) is 18.2. The molecule has 0 atom stereocenters. The summed E-state index contributed by atoms with van der Waals surface area (Å²) < 4.78 is 7.43. The number of hydrogen-bond acceptors (Lipinski definition) is 6. The molecule has 0 bridgehead atoms. The minimum Gasteiger partial charge on any atom is -0.468 e. The standard InChI is InChI=1S/C27H28N6O2/c1-19-10-11-22-15-23(27(34)28-26(22)20(19)2)16-32(17-24-9-6-14-35-24)18-25-29-30-31-33(25)13-12-21-7-4-3-5-8-21/h3-11,14-15H,12-13,16-18H2,1-2H3,(H,28,34). The number of rotatable bonds is 9. The molecule has 35 heavy (non-hydrogen) atoms. The number of hydrogen-bond donors (Lipinski definition) is 1. The first-order valence-electron chi connectivity index (χ1n) is 11.7. The van der Waals surface area contributed by atoms with Gasteiger partial charge in [-0.1, -0.05) is 42.5 Å². The first-order chi connectivity index (χ1) is 17.1. The van der Waals surface area contributed by atoms with Gasteiger partial charge in [0.2, 0.25) is 0 Å². The van der Waals surface area contributed by atoms with E-state index in [1.807, 2.05) is 54.9 Å². The fourth-order valence-electron chi connectivity index (χ4n) is 4.31. The Morgan fingerprint density at radius 2 is 1.86 bits per heavy atom. The molecular formula is C27H28N6O2. The number of aromatic nitrogens is 5. The van der Waals surface area contributed by atoms with Gasteiger partial charge in [-0.3, -0.25) is 9.69 Å². The van der Waals surface area contributed by atoms with E-state index in [0.717, 1.165) is 40.0 Å². The second kappa shape index (κ2) is 10.1. The molecule has 0 aliphatic carbocycles. The molecule has 8 nitrogen and oxygen atoms in total. The molecule has 0 saturated carbocycles. The number of nitrogens with zero attached hydrogens (tertiary/aromatic N) is 5. The molecule has 0 aliphatic rings. The minimum atomic E-state index is -0.0840. The maximum Gasteiger partial charge on any atom is 0.252 e. The lowest BCUT2D eigenvalue weighted by molar-refractivity contribution is 0.216. The lowest BCUT2D eigenvalue weighted by Gasteiger charge is -2.21. The SMILES string of the molecule is Cc1ccc2cc(CN(Cc3ccco3)Cc3nnnn3CCc3ccccc3)c(=O)[nH]c2c1C. The summed E-state index contributed by atoms with van der Waals surface area (Å²) in [7, 11) is 0. The number of furan rings is 1. The highest BCUT2D eigenvalue weighted by Gasteiger charge is 2.17. The van der Waals surface area contributed by atoms with Crippen molar-refractivity contribution in [3.63, 3.8) is 0 Å². The summed E-state index contributed by atoms with van der Waals surface area (Å²) >= 11 is 0. The van der Waals surface area contributed by atoms with Crippen molar-refractivity contribution in [2.75, 3.05) is 0 Å². The summed E-state index contributed by atoms with van der Waals surface area (Å²) in [6.45, 7) is 6.20. The fourth-order valence-corrected chi connectivity index (χ4v) is 4.31. The Morgan fingerprint density at radius 1 is 1.00 bits per heavy atom. The van der Waals surface area contributed by atoms with E-state index in [4.69, 9.17) is 4.42 Å². The summed E-state index contributed by atoms with van der Waals surface area (Å²) in [5, 5.41) is 13.4. The van der Waals surface area contributed by atoms with Crippen molar-refractivity contribution >= 4 is 10.9 Å². The maximum absolute atomic E-state index is 13.0. The van der Waals surface area contributed by atoms with Crippen LogP contribution in [0.5, 0.6) is 0 Å². The van der Waals surface area contributed by atoms with Crippen LogP contribution in [0.3, 0.4) is 0 Å². The largest absolute Gasteiger partial charge is 0.468 e. The number of H-pyrrole nitrogens is 1. The third-order valence-corrected chi connectivity index (χ3v) is 6.41. The van der Waals surface area contributed by atoms with E-state index in [1.54, 1.807) is 6.26 Å². The Balaban J connectivity index is 1.39. The quantitative estimate of drug-likeness (QED) is 0.349. The molecule has 0 saturated heterocycles. The van der Waals surface area contributed by atoms with Gasteiger partial charge in [0, 0.05) is 18.7 Å². The number of aryl methyl sites for hydroxylation is 4. The molecule has 0 radical (unpaired) electrons. The van der Waals surface area contributed by atoms with Gasteiger partial charge in [-0.2, -0.15) is 0 Å². The van der Waals surface area contributed by atoms with Crippen LogP contribution in [-0.4, -0.2) is 30.1 Å². The summed E-state index contributed by atoms with van der Waals surface area (Å²) in [5.41, 5.74) is 4.98. The van der Waals surface area contributed by atoms with Gasteiger partial charge in [-0.05, 0) is 71.0 Å². The second-order valence-electron chi connectivity index (χ2n) is 8.87. The van der Waals surface area contributed by atoms with Crippen LogP contribution < -0.4 is 5.56 Å². The van der Waals surface area contributed by atoms with E-state index >= 15 is 0 Å². The molecule has 178 valence electrons. The number of pyridine rings is 1. The maximum atomic E-state index is 13.0. The van der Waals surface area contributed by atoms with E-state index < -0.39 is 0 Å². The smallest absolute Gasteiger partial charge is 0.252 e. The van der Waals surface area contributed by atoms with Gasteiger partial charge in [0.15, 0.2) is 5.82 Å². The molecule has 5 aromatic rings. The molecule has 0 fully saturated rings. The van der Waals surface area contributed by atoms with E-state index in [2.05, 4.69) is 49.7 Å². The van der Waals surface area contributed by atoms with Crippen molar-refractivity contribution in [3.05, 3.63) is 111 Å². The van der Waals surface area contributed by atoms with E-state index in [0.29, 0.717) is 31.7 Å². The predicted molar refractivity (Wildman–Crippen MR) is 134 cm³/mol. The third kappa shape index (κ3) is 5.22. The first-order valence-corrected chi connectivity index (χ1v) is 11.7. The topological polar surface area (TPSA) is 92.8 Å². The number of aromatic amines is 1. The average molecular weight is 469 g/mol. The number of tetrazole rings is 1. The van der Waals surface area contributed by atoms with E-state index in [-0.39, 0.29) is 5.56 Å². The highest BCUT2D eigenvalue weighted by Crippen LogP contribution is 2.20. The van der Waals surface area contributed by atoms with Gasteiger partial charge in [0.25, 0.3) is 5.56 Å². The molecule has 2 aromatic carbocycles. The van der Waals surface area contributed by atoms with Gasteiger partial charge in [0.05, 0.1) is 24.9 Å². The van der Waals surface area contributed by atoms with E-state index in [1.165, 1.54) is 5.56 Å². The Bertz CT molecular complexity index is 1470. The first kappa shape index (κ1) is 22.7. The van der Waals surface area contributed by atoms with E-state index in [9.17, 15) is 4.79 Å². The molecule has 3 aromatic heterocycles. The molecule has 0 spiro atoms. The average Bonchev–Trinajstić information content (AvgIpc) is 3.54. The molecule has 8 heteroatoms. The molecule has 0 amide bonds. The van der Waals surface area contributed by atoms with Crippen LogP contribution in [0.25, 0.3) is 10.9 Å². The van der Waals surface area contributed by atoms with Gasteiger partial charge in [-0.15, -0.1) is 5.10 Å². The lowest BCUT2D eigenvalue weighted by atomic mass is 10.0. The van der Waals surface area contributed by atoms with Crippen LogP contribution >= 0.6 is 0 Å². The Hall–Kier alpha value is -4.04. The molecule has 1 N–H and O–H groups in total. The zero-order valence-corrected chi connectivity index (χ0v) is 19.9. The third-order valence-electron chi connectivity index (χ3n) is 6.41. The highest BCUT2D eigenvalue weighted by molar-refractivity contribution is 5.83. The van der Waals surface area contributed by atoms with Gasteiger partial charge in [-0.25, -0.2) is 4.68 Å². The fraction of sp³-hybridized carbons (Fsp3) is 0.259. The minimum absolute atomic E-state index is 0.0840. The van der Waals surface area contributed by atoms with Crippen LogP contribution in [0.15, 0.2) is 76.1 Å². The van der Waals surface area contributed by atoms with Crippen LogP contribution in [0.1, 0.15) is 33.8 Å². The van der Waals surface area contributed by atoms with Gasteiger partial charge < -0.3 is 9.40 Å². The Labute approximate surface area is 203 Å². The van der Waals surface area contributed by atoms with Crippen LogP contribution in [0.2, 0.25) is 0 Å². The normalized spacial score (nSPS) is 11.5. The second-order valence-corrected chi connectivity index (χ2v) is 8.87. The Kier molecular flexibility index (Phi) is 6.54. The van der Waals surface area contributed by atoms with Crippen molar-refractivity contribution < 1.29 is 4.42 Å². The number of fused-ring (bicyclic) bond motifs is 1. The monoisotopic (exact) mass is 468 g/mol. The van der Waals surface area contributed by atoms with Gasteiger partial charge in [0.1, 0.15) is 5.76 Å². The Morgan fingerprint density at radius 3 is 2.66 bits per heavy atom. The van der Waals surface area contributed by atoms with Crippen LogP contribution in [0, 0.1) is 13.8 Å². The van der Waals surface area contributed by atoms with Crippen molar-refractivity contribution in [1.82, 2.24) is 30.1 Å². The predicted octanol–water partition coefficient (Wildman–Crippen LogP) is 4.17. The summed E-state index contributed by atoms with van der Waals surface area (Å²) in [6.07, 6.45) is 2.49. The van der Waals surface area contributed by atoms with Gasteiger partial charge >= 0.3 is 0 Å². The van der Waals surface area contributed by atoms with Crippen molar-refractivity contribution in [1.29, 1.82) is 0 Å². The summed E-state index contributed by atoms with van der Waals surface area (Å²) in [5.74, 6) is 1.56. The molecule has 0 unspecified atom stereocenters. The van der Waals surface area contributed by atoms with Crippen LogP contribution in [-0.2, 0) is 32.6 Å². The highest BCUT2D eigenvalue weighted by atomic mass is 16.3. The number of nitrogens with one attached hydrogen (secondary N) is 1. The summed E-state index contributed by atoms with van der Waals surface area (Å²) in [6, 6.07) is 20.2. The van der Waals surface area contributed by atoms with Crippen molar-refractivity contribution in [2.24, 2.45) is 0 Å². The molecule has 0 aliphatic heterocycles.